The minimum atomic E-state index is -1.98. The Morgan fingerprint density at radius 3 is 2.17 bits per heavy atom. The van der Waals surface area contributed by atoms with E-state index < -0.39 is 14.4 Å². The normalized spacial score (nSPS) is 17.2. The van der Waals surface area contributed by atoms with Crippen LogP contribution in [0.25, 0.3) is 0 Å². The van der Waals surface area contributed by atoms with Gasteiger partial charge in [-0.15, -0.1) is 0 Å². The largest absolute Gasteiger partial charge is 0.497 e. The zero-order chi connectivity index (χ0) is 22.2. The molecule has 29 heavy (non-hydrogen) atoms. The van der Waals surface area contributed by atoms with E-state index in [9.17, 15) is 5.11 Å². The van der Waals surface area contributed by atoms with E-state index in [1.165, 1.54) is 0 Å². The third kappa shape index (κ3) is 7.89. The molecular weight excluding hydrogens is 380 g/mol. The van der Waals surface area contributed by atoms with Crippen molar-refractivity contribution in [3.8, 4) is 5.75 Å². The topological polar surface area (TPSA) is 47.9 Å². The second kappa shape index (κ2) is 11.3. The molecule has 166 valence electrons. The maximum atomic E-state index is 10.6. The van der Waals surface area contributed by atoms with Gasteiger partial charge >= 0.3 is 0 Å². The third-order valence-electron chi connectivity index (χ3n) is 6.05. The fourth-order valence-corrected chi connectivity index (χ4v) is 4.49. The summed E-state index contributed by atoms with van der Waals surface area (Å²) >= 11 is 0. The number of methoxy groups -OCH3 is 1. The summed E-state index contributed by atoms with van der Waals surface area (Å²) in [7, 11) is -0.315. The summed E-state index contributed by atoms with van der Waals surface area (Å²) in [5.74, 6) is 0.994. The van der Waals surface area contributed by atoms with E-state index in [1.807, 2.05) is 43.3 Å². The minimum absolute atomic E-state index is 0.0140. The Bertz CT molecular complexity index is 619. The molecule has 0 saturated heterocycles. The molecule has 0 amide bonds. The van der Waals surface area contributed by atoms with Gasteiger partial charge < -0.3 is 19.0 Å². The van der Waals surface area contributed by atoms with E-state index in [4.69, 9.17) is 13.9 Å². The average molecular weight is 423 g/mol. The number of aliphatic hydroxyl groups is 1. The van der Waals surface area contributed by atoms with E-state index in [1.54, 1.807) is 7.11 Å². The van der Waals surface area contributed by atoms with Crippen molar-refractivity contribution in [3.05, 3.63) is 42.0 Å². The highest BCUT2D eigenvalue weighted by atomic mass is 28.4. The molecule has 4 nitrogen and oxygen atoms in total. The van der Waals surface area contributed by atoms with Crippen LogP contribution in [-0.4, -0.2) is 39.3 Å². The molecule has 4 unspecified atom stereocenters. The van der Waals surface area contributed by atoms with Crippen molar-refractivity contribution in [2.45, 2.75) is 78.5 Å². The van der Waals surface area contributed by atoms with Gasteiger partial charge in [-0.1, -0.05) is 58.9 Å². The van der Waals surface area contributed by atoms with E-state index in [0.29, 0.717) is 13.2 Å². The molecule has 0 saturated carbocycles. The second-order valence-electron chi connectivity index (χ2n) is 9.56. The van der Waals surface area contributed by atoms with Crippen molar-refractivity contribution >= 4 is 8.32 Å². The van der Waals surface area contributed by atoms with Gasteiger partial charge in [-0.3, -0.25) is 0 Å². The Morgan fingerprint density at radius 1 is 1.10 bits per heavy atom. The molecule has 1 aromatic carbocycles. The maximum Gasteiger partial charge on any atom is 0.192 e. The van der Waals surface area contributed by atoms with Crippen LogP contribution in [0.1, 0.15) is 47.1 Å². The number of allylic oxidation sites excluding steroid dienone is 1. The van der Waals surface area contributed by atoms with Crippen LogP contribution in [-0.2, 0) is 15.8 Å². The Balaban J connectivity index is 2.84. The number of ether oxygens (including phenoxy) is 2. The van der Waals surface area contributed by atoms with Gasteiger partial charge in [0.1, 0.15) is 5.75 Å². The summed E-state index contributed by atoms with van der Waals surface area (Å²) in [5, 5.41) is 10.7. The van der Waals surface area contributed by atoms with Crippen molar-refractivity contribution in [2.75, 3.05) is 13.7 Å². The minimum Gasteiger partial charge on any atom is -0.497 e. The van der Waals surface area contributed by atoms with E-state index in [2.05, 4.69) is 47.7 Å². The fraction of sp³-hybridized carbons (Fsp3) is 0.667. The van der Waals surface area contributed by atoms with Gasteiger partial charge in [0, 0.05) is 11.8 Å². The van der Waals surface area contributed by atoms with Gasteiger partial charge in [0.15, 0.2) is 8.32 Å². The smallest absolute Gasteiger partial charge is 0.192 e. The van der Waals surface area contributed by atoms with Crippen LogP contribution in [0, 0.1) is 11.8 Å². The van der Waals surface area contributed by atoms with Crippen LogP contribution < -0.4 is 4.74 Å². The maximum absolute atomic E-state index is 10.6. The van der Waals surface area contributed by atoms with Gasteiger partial charge in [-0.25, -0.2) is 0 Å². The lowest BCUT2D eigenvalue weighted by Gasteiger charge is -2.43. The van der Waals surface area contributed by atoms with Crippen LogP contribution >= 0.6 is 0 Å². The highest BCUT2D eigenvalue weighted by Crippen LogP contribution is 2.39. The number of hydrogen-bond donors (Lipinski definition) is 1. The second-order valence-corrected chi connectivity index (χ2v) is 14.3. The summed E-state index contributed by atoms with van der Waals surface area (Å²) in [6, 6.07) is 7.93. The molecule has 0 fully saturated rings. The summed E-state index contributed by atoms with van der Waals surface area (Å²) in [6.45, 7) is 18.6. The first kappa shape index (κ1) is 25.9. The zero-order valence-corrected chi connectivity index (χ0v) is 20.9. The zero-order valence-electron chi connectivity index (χ0n) is 19.9. The van der Waals surface area contributed by atoms with Gasteiger partial charge in [-0.05, 0) is 42.8 Å². The quantitative estimate of drug-likeness (QED) is 0.361. The van der Waals surface area contributed by atoms with Crippen molar-refractivity contribution in [3.63, 3.8) is 0 Å². The third-order valence-corrected chi connectivity index (χ3v) is 10.5. The molecule has 0 aliphatic rings. The molecule has 0 aliphatic carbocycles. The van der Waals surface area contributed by atoms with Crippen LogP contribution in [0.4, 0.5) is 0 Å². The Labute approximate surface area is 179 Å². The fourth-order valence-electron chi connectivity index (χ4n) is 3.00. The molecule has 5 heteroatoms. The molecule has 1 rings (SSSR count). The summed E-state index contributed by atoms with van der Waals surface area (Å²) in [6.07, 6.45) is 3.14. The molecule has 0 bridgehead atoms. The lowest BCUT2D eigenvalue weighted by molar-refractivity contribution is -0.0161. The molecule has 0 aromatic heterocycles. The van der Waals surface area contributed by atoms with Crippen LogP contribution in [0.5, 0.6) is 5.75 Å². The summed E-state index contributed by atoms with van der Waals surface area (Å²) in [4.78, 5) is 0. The van der Waals surface area contributed by atoms with Gasteiger partial charge in [-0.2, -0.15) is 0 Å². The van der Waals surface area contributed by atoms with Gasteiger partial charge in [0.05, 0.1) is 32.5 Å². The number of hydrogen-bond acceptors (Lipinski definition) is 4. The average Bonchev–Trinajstić information content (AvgIpc) is 2.65. The molecular formula is C24H42O4Si. The lowest BCUT2D eigenvalue weighted by Crippen LogP contribution is -2.49. The van der Waals surface area contributed by atoms with Crippen molar-refractivity contribution in [2.24, 2.45) is 11.8 Å². The summed E-state index contributed by atoms with van der Waals surface area (Å²) < 4.78 is 18.0. The molecule has 0 heterocycles. The number of benzene rings is 1. The predicted octanol–water partition coefficient (Wildman–Crippen LogP) is 5.81. The Hall–Kier alpha value is -1.14. The first-order chi connectivity index (χ1) is 13.4. The van der Waals surface area contributed by atoms with Crippen molar-refractivity contribution in [1.82, 2.24) is 0 Å². The first-order valence-electron chi connectivity index (χ1n) is 10.6. The van der Waals surface area contributed by atoms with Crippen LogP contribution in [0.2, 0.25) is 18.1 Å². The van der Waals surface area contributed by atoms with Gasteiger partial charge in [0.2, 0.25) is 0 Å². The van der Waals surface area contributed by atoms with Crippen LogP contribution in [0.3, 0.4) is 0 Å². The van der Waals surface area contributed by atoms with Crippen molar-refractivity contribution in [1.29, 1.82) is 0 Å². The summed E-state index contributed by atoms with van der Waals surface area (Å²) in [5.41, 5.74) is 1.11. The monoisotopic (exact) mass is 422 g/mol. The molecule has 0 spiro atoms. The number of rotatable bonds is 11. The Kier molecular flexibility index (Phi) is 10.1. The van der Waals surface area contributed by atoms with E-state index in [-0.39, 0.29) is 23.0 Å². The van der Waals surface area contributed by atoms with Crippen molar-refractivity contribution < 1.29 is 19.0 Å². The molecule has 1 aromatic rings. The predicted molar refractivity (Wildman–Crippen MR) is 124 cm³/mol. The molecule has 1 N–H and O–H groups in total. The lowest BCUT2D eigenvalue weighted by atomic mass is 9.89. The molecule has 4 atom stereocenters. The molecule has 0 aliphatic heterocycles. The highest BCUT2D eigenvalue weighted by molar-refractivity contribution is 6.74. The Morgan fingerprint density at radius 2 is 1.69 bits per heavy atom. The molecule has 0 radical (unpaired) electrons. The number of aliphatic hydroxyl groups excluding tert-OH is 1. The van der Waals surface area contributed by atoms with E-state index >= 15 is 0 Å². The first-order valence-corrected chi connectivity index (χ1v) is 13.5. The van der Waals surface area contributed by atoms with Gasteiger partial charge in [0.25, 0.3) is 0 Å². The SMILES string of the molecule is CC=CC(O)C(C)C(O[Si](C)(C)C(C)(C)C)C(C)COCc1ccc(OC)cc1. The standard InChI is InChI=1S/C24H42O4Si/c1-10-11-22(25)19(3)23(28-29(8,9)24(4,5)6)18(2)16-27-17-20-12-14-21(26-7)15-13-20/h10-15,18-19,22-23,25H,16-17H2,1-9H3. The van der Waals surface area contributed by atoms with E-state index in [0.717, 1.165) is 11.3 Å². The highest BCUT2D eigenvalue weighted by Gasteiger charge is 2.42. The van der Waals surface area contributed by atoms with Crippen LogP contribution in [0.15, 0.2) is 36.4 Å².